The summed E-state index contributed by atoms with van der Waals surface area (Å²) >= 11 is 0. The first-order valence-corrected chi connectivity index (χ1v) is 10.8. The lowest BCUT2D eigenvalue weighted by Crippen LogP contribution is -2.43. The van der Waals surface area contributed by atoms with Gasteiger partial charge in [0.15, 0.2) is 5.82 Å². The summed E-state index contributed by atoms with van der Waals surface area (Å²) in [6.45, 7) is 4.37. The molecule has 7 heteroatoms. The lowest BCUT2D eigenvalue weighted by atomic mass is 9.97. The van der Waals surface area contributed by atoms with E-state index in [2.05, 4.69) is 22.1 Å². The number of nitrogens with one attached hydrogen (secondary N) is 1. The Hall–Kier alpha value is -3.22. The molecule has 2 aromatic carbocycles. The maximum Gasteiger partial charge on any atom is 0.258 e. The molecule has 1 saturated heterocycles. The number of nitrogens with zero attached hydrogens (tertiary/aromatic N) is 3. The summed E-state index contributed by atoms with van der Waals surface area (Å²) in [5, 5.41) is 2.98. The lowest BCUT2D eigenvalue weighted by molar-refractivity contribution is -0.125. The van der Waals surface area contributed by atoms with E-state index in [4.69, 9.17) is 9.72 Å². The first-order chi connectivity index (χ1) is 15.1. The molecule has 1 atom stereocenters. The molecule has 0 aliphatic carbocycles. The van der Waals surface area contributed by atoms with Crippen molar-refractivity contribution in [3.8, 4) is 5.88 Å². The predicted molar refractivity (Wildman–Crippen MR) is 119 cm³/mol. The number of fused-ring (bicyclic) bond motifs is 1. The molecule has 1 amide bonds. The number of hydrogen-bond donors (Lipinski definition) is 1. The monoisotopic (exact) mass is 422 g/mol. The molecular formula is C24H27FN4O2. The van der Waals surface area contributed by atoms with Crippen LogP contribution in [0.25, 0.3) is 11.0 Å². The number of aromatic nitrogens is 2. The number of benzene rings is 2. The molecule has 0 bridgehead atoms. The Morgan fingerprint density at radius 3 is 2.65 bits per heavy atom. The van der Waals surface area contributed by atoms with E-state index < -0.39 is 0 Å². The van der Waals surface area contributed by atoms with Gasteiger partial charge < -0.3 is 15.0 Å². The van der Waals surface area contributed by atoms with E-state index in [0.717, 1.165) is 42.4 Å². The van der Waals surface area contributed by atoms with Crippen molar-refractivity contribution >= 4 is 22.8 Å². The summed E-state index contributed by atoms with van der Waals surface area (Å²) in [7, 11) is 0. The highest BCUT2D eigenvalue weighted by Gasteiger charge is 2.28. The molecule has 1 aliphatic heterocycles. The third-order valence-electron chi connectivity index (χ3n) is 5.44. The molecule has 6 nitrogen and oxygen atoms in total. The molecule has 0 saturated carbocycles. The summed E-state index contributed by atoms with van der Waals surface area (Å²) in [5.74, 6) is 0.784. The van der Waals surface area contributed by atoms with Crippen LogP contribution in [0, 0.1) is 11.7 Å². The van der Waals surface area contributed by atoms with E-state index in [9.17, 15) is 9.18 Å². The third-order valence-corrected chi connectivity index (χ3v) is 5.44. The highest BCUT2D eigenvalue weighted by atomic mass is 19.1. The molecule has 0 radical (unpaired) electrons. The van der Waals surface area contributed by atoms with E-state index >= 15 is 0 Å². The van der Waals surface area contributed by atoms with Crippen molar-refractivity contribution in [2.24, 2.45) is 5.92 Å². The van der Waals surface area contributed by atoms with Crippen LogP contribution < -0.4 is 15.0 Å². The Kier molecular flexibility index (Phi) is 6.60. The largest absolute Gasteiger partial charge is 0.475 e. The zero-order valence-electron chi connectivity index (χ0n) is 17.7. The fraction of sp³-hybridized carbons (Fsp3) is 0.375. The second kappa shape index (κ2) is 9.73. The number of amides is 1. The van der Waals surface area contributed by atoms with Gasteiger partial charge in [0.05, 0.1) is 23.6 Å². The van der Waals surface area contributed by atoms with Crippen molar-refractivity contribution in [2.75, 3.05) is 24.6 Å². The number of rotatable bonds is 7. The Labute approximate surface area is 181 Å². The molecule has 3 aromatic rings. The van der Waals surface area contributed by atoms with Gasteiger partial charge in [-0.1, -0.05) is 31.2 Å². The first-order valence-electron chi connectivity index (χ1n) is 10.8. The van der Waals surface area contributed by atoms with Gasteiger partial charge in [-0.05, 0) is 49.1 Å². The summed E-state index contributed by atoms with van der Waals surface area (Å²) in [4.78, 5) is 24.4. The number of anilines is 1. The molecule has 0 spiro atoms. The number of ether oxygens (including phenoxy) is 1. The number of halogens is 1. The zero-order chi connectivity index (χ0) is 21.6. The number of hydrogen-bond acceptors (Lipinski definition) is 5. The van der Waals surface area contributed by atoms with Crippen LogP contribution in [0.5, 0.6) is 5.88 Å². The summed E-state index contributed by atoms with van der Waals surface area (Å²) in [6, 6.07) is 13.9. The maximum atomic E-state index is 13.1. The number of carbonyl (C=O) groups is 1. The van der Waals surface area contributed by atoms with Crippen molar-refractivity contribution in [3.05, 3.63) is 59.9 Å². The minimum absolute atomic E-state index is 0.00111. The third kappa shape index (κ3) is 5.10. The molecule has 1 N–H and O–H groups in total. The summed E-state index contributed by atoms with van der Waals surface area (Å²) in [5.41, 5.74) is 2.48. The molecule has 4 rings (SSSR count). The number of carbonyl (C=O) groups excluding carboxylic acids is 1. The first kappa shape index (κ1) is 21.0. The maximum absolute atomic E-state index is 13.1. The topological polar surface area (TPSA) is 67.4 Å². The summed E-state index contributed by atoms with van der Waals surface area (Å²) < 4.78 is 19.0. The molecule has 1 aromatic heterocycles. The van der Waals surface area contributed by atoms with Crippen LogP contribution in [0.4, 0.5) is 10.2 Å². The van der Waals surface area contributed by atoms with Crippen LogP contribution in [-0.2, 0) is 11.3 Å². The van der Waals surface area contributed by atoms with Gasteiger partial charge in [0.1, 0.15) is 5.82 Å². The van der Waals surface area contributed by atoms with Crippen molar-refractivity contribution in [1.82, 2.24) is 15.3 Å². The van der Waals surface area contributed by atoms with Crippen molar-refractivity contribution < 1.29 is 13.9 Å². The Balaban J connectivity index is 1.48. The van der Waals surface area contributed by atoms with Crippen LogP contribution in [0.15, 0.2) is 48.5 Å². The zero-order valence-corrected chi connectivity index (χ0v) is 17.7. The minimum Gasteiger partial charge on any atom is -0.475 e. The fourth-order valence-corrected chi connectivity index (χ4v) is 3.80. The predicted octanol–water partition coefficient (Wildman–Crippen LogP) is 4.09. The normalized spacial score (nSPS) is 16.3. The standard InChI is InChI=1S/C24H27FN4O2/c1-2-14-31-24-22(27-20-7-3-4-8-21(20)28-24)29-13-5-6-18(16-29)23(30)26-15-17-9-11-19(25)12-10-17/h3-4,7-12,18H,2,5-6,13-16H2,1H3,(H,26,30)/t18-/m1/s1. The quantitative estimate of drug-likeness (QED) is 0.621. The van der Waals surface area contributed by atoms with Crippen molar-refractivity contribution in [3.63, 3.8) is 0 Å². The van der Waals surface area contributed by atoms with Gasteiger partial charge in [-0.3, -0.25) is 4.79 Å². The number of piperidine rings is 1. The molecule has 0 unspecified atom stereocenters. The summed E-state index contributed by atoms with van der Waals surface area (Å²) in [6.07, 6.45) is 2.58. The average molecular weight is 423 g/mol. The van der Waals surface area contributed by atoms with Gasteiger partial charge in [0.25, 0.3) is 5.88 Å². The van der Waals surface area contributed by atoms with Crippen LogP contribution >= 0.6 is 0 Å². The van der Waals surface area contributed by atoms with Gasteiger partial charge in [-0.15, -0.1) is 0 Å². The second-order valence-corrected chi connectivity index (χ2v) is 7.82. The van der Waals surface area contributed by atoms with E-state index in [1.165, 1.54) is 12.1 Å². The highest BCUT2D eigenvalue weighted by molar-refractivity contribution is 5.80. The lowest BCUT2D eigenvalue weighted by Gasteiger charge is -2.33. The number of para-hydroxylation sites is 2. The van der Waals surface area contributed by atoms with E-state index in [-0.39, 0.29) is 17.6 Å². The van der Waals surface area contributed by atoms with Gasteiger partial charge in [0.2, 0.25) is 5.91 Å². The Morgan fingerprint density at radius 1 is 1.16 bits per heavy atom. The van der Waals surface area contributed by atoms with Gasteiger partial charge in [-0.25, -0.2) is 14.4 Å². The van der Waals surface area contributed by atoms with E-state index in [1.54, 1.807) is 12.1 Å². The van der Waals surface area contributed by atoms with Gasteiger partial charge in [-0.2, -0.15) is 0 Å². The Bertz CT molecular complexity index is 1040. The SMILES string of the molecule is CCCOc1nc2ccccc2nc1N1CCC[C@@H](C(=O)NCc2ccc(F)cc2)C1. The average Bonchev–Trinajstić information content (AvgIpc) is 2.81. The fourth-order valence-electron chi connectivity index (χ4n) is 3.80. The van der Waals surface area contributed by atoms with Crippen molar-refractivity contribution in [1.29, 1.82) is 0 Å². The molecule has 2 heterocycles. The Morgan fingerprint density at radius 2 is 1.90 bits per heavy atom. The molecule has 1 fully saturated rings. The smallest absolute Gasteiger partial charge is 0.258 e. The van der Waals surface area contributed by atoms with E-state index in [0.29, 0.717) is 31.4 Å². The molecule has 1 aliphatic rings. The highest BCUT2D eigenvalue weighted by Crippen LogP contribution is 2.30. The van der Waals surface area contributed by atoms with Gasteiger partial charge in [0, 0.05) is 19.6 Å². The van der Waals surface area contributed by atoms with Gasteiger partial charge >= 0.3 is 0 Å². The van der Waals surface area contributed by atoms with Crippen molar-refractivity contribution in [2.45, 2.75) is 32.7 Å². The second-order valence-electron chi connectivity index (χ2n) is 7.82. The minimum atomic E-state index is -0.282. The van der Waals surface area contributed by atoms with Crippen LogP contribution in [0.3, 0.4) is 0 Å². The van der Waals surface area contributed by atoms with Crippen LogP contribution in [0.2, 0.25) is 0 Å². The van der Waals surface area contributed by atoms with Crippen LogP contribution in [0.1, 0.15) is 31.7 Å². The molecule has 31 heavy (non-hydrogen) atoms. The molecule has 162 valence electrons. The van der Waals surface area contributed by atoms with Crippen LogP contribution in [-0.4, -0.2) is 35.6 Å². The molecular weight excluding hydrogens is 395 g/mol. The van der Waals surface area contributed by atoms with E-state index in [1.807, 2.05) is 24.3 Å².